The van der Waals surface area contributed by atoms with E-state index in [-0.39, 0.29) is 22.8 Å². The predicted molar refractivity (Wildman–Crippen MR) is 132 cm³/mol. The topological polar surface area (TPSA) is 70.2 Å². The van der Waals surface area contributed by atoms with Gasteiger partial charge in [0.25, 0.3) is 0 Å². The highest BCUT2D eigenvalue weighted by molar-refractivity contribution is 7.80. The maximum atomic E-state index is 13.2. The number of hydrogen-bond donors (Lipinski definition) is 3. The maximum absolute atomic E-state index is 13.2. The summed E-state index contributed by atoms with van der Waals surface area (Å²) in [4.78, 5) is 25.3. The summed E-state index contributed by atoms with van der Waals surface area (Å²) in [6.45, 7) is 1.94. The zero-order chi connectivity index (χ0) is 22.5. The van der Waals surface area contributed by atoms with E-state index in [0.29, 0.717) is 5.69 Å². The molecule has 1 aliphatic carbocycles. The van der Waals surface area contributed by atoms with E-state index in [0.717, 1.165) is 35.2 Å². The quantitative estimate of drug-likeness (QED) is 0.470. The molecule has 0 radical (unpaired) electrons. The zero-order valence-electron chi connectivity index (χ0n) is 17.8. The van der Waals surface area contributed by atoms with Gasteiger partial charge in [-0.15, -0.1) is 0 Å². The van der Waals surface area contributed by atoms with Gasteiger partial charge in [0.15, 0.2) is 5.11 Å². The van der Waals surface area contributed by atoms with E-state index >= 15 is 0 Å². The molecular weight excluding hydrogens is 418 g/mol. The second-order valence-corrected chi connectivity index (χ2v) is 8.40. The molecule has 6 heteroatoms. The predicted octanol–water partition coefficient (Wildman–Crippen LogP) is 4.99. The molecule has 162 valence electrons. The van der Waals surface area contributed by atoms with E-state index in [1.165, 1.54) is 0 Å². The molecule has 3 aromatic carbocycles. The Morgan fingerprint density at radius 2 is 1.47 bits per heavy atom. The summed E-state index contributed by atoms with van der Waals surface area (Å²) < 4.78 is 0. The standard InChI is InChI=1S/C26H25N3O2S/c1-17-12-15-21(16-22(17)28-24(30)20-13-14-20)27-26(32)29-25(31)23(18-8-4-2-5-9-18)19-10-6-3-7-11-19/h2-12,15-16,20,23H,13-14H2,1H3,(H,28,30)(H2,27,29,31,32). The van der Waals surface area contributed by atoms with Crippen LogP contribution in [-0.4, -0.2) is 16.9 Å². The molecule has 5 nitrogen and oxygen atoms in total. The first-order valence-corrected chi connectivity index (χ1v) is 11.1. The van der Waals surface area contributed by atoms with Gasteiger partial charge in [-0.1, -0.05) is 66.7 Å². The SMILES string of the molecule is Cc1ccc(NC(=S)NC(=O)C(c2ccccc2)c2ccccc2)cc1NC(=O)C1CC1. The van der Waals surface area contributed by atoms with Crippen LogP contribution < -0.4 is 16.0 Å². The fraction of sp³-hybridized carbons (Fsp3) is 0.192. The molecule has 32 heavy (non-hydrogen) atoms. The number of rotatable bonds is 6. The van der Waals surface area contributed by atoms with Crippen LogP contribution in [0.5, 0.6) is 0 Å². The molecule has 3 aromatic rings. The molecule has 3 N–H and O–H groups in total. The van der Waals surface area contributed by atoms with Crippen LogP contribution >= 0.6 is 12.2 Å². The second-order valence-electron chi connectivity index (χ2n) is 7.99. The fourth-order valence-electron chi connectivity index (χ4n) is 3.55. The lowest BCUT2D eigenvalue weighted by Crippen LogP contribution is -2.37. The minimum Gasteiger partial charge on any atom is -0.332 e. The van der Waals surface area contributed by atoms with E-state index in [1.807, 2.05) is 85.8 Å². The Kier molecular flexibility index (Phi) is 6.61. The monoisotopic (exact) mass is 443 g/mol. The molecule has 4 rings (SSSR count). The van der Waals surface area contributed by atoms with Gasteiger partial charge in [0.2, 0.25) is 11.8 Å². The Balaban J connectivity index is 1.46. The van der Waals surface area contributed by atoms with Crippen molar-refractivity contribution in [3.05, 3.63) is 95.6 Å². The van der Waals surface area contributed by atoms with Crippen molar-refractivity contribution in [3.63, 3.8) is 0 Å². The van der Waals surface area contributed by atoms with Crippen LogP contribution in [0.1, 0.15) is 35.4 Å². The molecule has 0 aliphatic heterocycles. The van der Waals surface area contributed by atoms with E-state index < -0.39 is 5.92 Å². The number of nitrogens with one attached hydrogen (secondary N) is 3. The maximum Gasteiger partial charge on any atom is 0.238 e. The van der Waals surface area contributed by atoms with Crippen molar-refractivity contribution >= 4 is 40.5 Å². The van der Waals surface area contributed by atoms with Crippen molar-refractivity contribution in [3.8, 4) is 0 Å². The van der Waals surface area contributed by atoms with Crippen molar-refractivity contribution in [2.24, 2.45) is 5.92 Å². The molecule has 0 aromatic heterocycles. The molecule has 0 spiro atoms. The Labute approximate surface area is 193 Å². The third-order valence-electron chi connectivity index (χ3n) is 5.47. The molecule has 1 aliphatic rings. The lowest BCUT2D eigenvalue weighted by molar-refractivity contribution is -0.120. The fourth-order valence-corrected chi connectivity index (χ4v) is 3.77. The largest absolute Gasteiger partial charge is 0.332 e. The molecule has 1 fully saturated rings. The number of thiocarbonyl (C=S) groups is 1. The van der Waals surface area contributed by atoms with Crippen molar-refractivity contribution in [1.29, 1.82) is 0 Å². The first kappa shape index (κ1) is 21.7. The average Bonchev–Trinajstić information content (AvgIpc) is 3.63. The van der Waals surface area contributed by atoms with Gasteiger partial charge in [-0.3, -0.25) is 9.59 Å². The number of amides is 2. The highest BCUT2D eigenvalue weighted by atomic mass is 32.1. The number of benzene rings is 3. The average molecular weight is 444 g/mol. The Morgan fingerprint density at radius 1 is 0.875 bits per heavy atom. The summed E-state index contributed by atoms with van der Waals surface area (Å²) in [5, 5.41) is 9.07. The van der Waals surface area contributed by atoms with Gasteiger partial charge in [-0.25, -0.2) is 0 Å². The minimum absolute atomic E-state index is 0.0506. The molecule has 1 saturated carbocycles. The highest BCUT2D eigenvalue weighted by Gasteiger charge is 2.30. The van der Waals surface area contributed by atoms with Crippen LogP contribution in [0.25, 0.3) is 0 Å². The van der Waals surface area contributed by atoms with Crippen LogP contribution in [0.3, 0.4) is 0 Å². The summed E-state index contributed by atoms with van der Waals surface area (Å²) in [7, 11) is 0. The van der Waals surface area contributed by atoms with Gasteiger partial charge in [-0.2, -0.15) is 0 Å². The van der Waals surface area contributed by atoms with Crippen LogP contribution in [0.2, 0.25) is 0 Å². The van der Waals surface area contributed by atoms with Crippen molar-refractivity contribution < 1.29 is 9.59 Å². The third-order valence-corrected chi connectivity index (χ3v) is 5.67. The van der Waals surface area contributed by atoms with Crippen LogP contribution in [0.4, 0.5) is 11.4 Å². The normalized spacial score (nSPS) is 12.8. The van der Waals surface area contributed by atoms with Gasteiger partial charge in [0, 0.05) is 17.3 Å². The summed E-state index contributed by atoms with van der Waals surface area (Å²) >= 11 is 5.42. The molecule has 0 saturated heterocycles. The Bertz CT molecular complexity index is 1090. The third kappa shape index (κ3) is 5.39. The molecule has 0 heterocycles. The van der Waals surface area contributed by atoms with E-state index in [1.54, 1.807) is 0 Å². The Morgan fingerprint density at radius 3 is 2.03 bits per heavy atom. The summed E-state index contributed by atoms with van der Waals surface area (Å²) in [6.07, 6.45) is 1.89. The van der Waals surface area contributed by atoms with Gasteiger partial charge in [0.1, 0.15) is 0 Å². The van der Waals surface area contributed by atoms with Crippen LogP contribution in [0, 0.1) is 12.8 Å². The van der Waals surface area contributed by atoms with E-state index in [4.69, 9.17) is 12.2 Å². The van der Waals surface area contributed by atoms with Gasteiger partial charge in [0.05, 0.1) is 5.92 Å². The minimum atomic E-state index is -0.483. The van der Waals surface area contributed by atoms with Gasteiger partial charge >= 0.3 is 0 Å². The molecule has 2 amide bonds. The first-order chi connectivity index (χ1) is 15.5. The lowest BCUT2D eigenvalue weighted by atomic mass is 9.90. The molecule has 0 unspecified atom stereocenters. The van der Waals surface area contributed by atoms with Gasteiger partial charge in [-0.05, 0) is 60.8 Å². The molecular formula is C26H25N3O2S. The van der Waals surface area contributed by atoms with Crippen LogP contribution in [0.15, 0.2) is 78.9 Å². The molecule has 0 bridgehead atoms. The number of aryl methyl sites for hydroxylation is 1. The second kappa shape index (κ2) is 9.75. The number of hydrogen-bond acceptors (Lipinski definition) is 3. The van der Waals surface area contributed by atoms with Crippen molar-refractivity contribution in [1.82, 2.24) is 5.32 Å². The first-order valence-electron chi connectivity index (χ1n) is 10.6. The van der Waals surface area contributed by atoms with Gasteiger partial charge < -0.3 is 16.0 Å². The summed E-state index contributed by atoms with van der Waals surface area (Å²) in [5.74, 6) is -0.521. The molecule has 0 atom stereocenters. The Hall–Kier alpha value is -3.51. The van der Waals surface area contributed by atoms with E-state index in [2.05, 4.69) is 16.0 Å². The highest BCUT2D eigenvalue weighted by Crippen LogP contribution is 2.31. The van der Waals surface area contributed by atoms with Crippen molar-refractivity contribution in [2.75, 3.05) is 10.6 Å². The summed E-state index contributed by atoms with van der Waals surface area (Å²) in [5.41, 5.74) is 4.18. The number of anilines is 2. The number of carbonyl (C=O) groups is 2. The lowest BCUT2D eigenvalue weighted by Gasteiger charge is -2.19. The number of carbonyl (C=O) groups excluding carboxylic acids is 2. The summed E-state index contributed by atoms with van der Waals surface area (Å²) in [6, 6.07) is 24.9. The zero-order valence-corrected chi connectivity index (χ0v) is 18.6. The van der Waals surface area contributed by atoms with Crippen LogP contribution in [-0.2, 0) is 9.59 Å². The van der Waals surface area contributed by atoms with E-state index in [9.17, 15) is 9.59 Å². The smallest absolute Gasteiger partial charge is 0.238 e. The van der Waals surface area contributed by atoms with Crippen molar-refractivity contribution in [2.45, 2.75) is 25.7 Å².